The highest BCUT2D eigenvalue weighted by molar-refractivity contribution is 14.1. The third kappa shape index (κ3) is 2.35. The van der Waals surface area contributed by atoms with Crippen molar-refractivity contribution in [3.05, 3.63) is 31.0 Å². The van der Waals surface area contributed by atoms with Crippen molar-refractivity contribution < 1.29 is 13.7 Å². The Balaban J connectivity index is 3.47. The molecule has 8 heteroatoms. The van der Waals surface area contributed by atoms with Crippen LogP contribution in [0.2, 0.25) is 0 Å². The van der Waals surface area contributed by atoms with E-state index >= 15 is 0 Å². The summed E-state index contributed by atoms with van der Waals surface area (Å²) in [5.41, 5.74) is -1.00. The quantitative estimate of drug-likeness (QED) is 0.475. The first kappa shape index (κ1) is 11.7. The third-order valence-electron chi connectivity index (χ3n) is 1.50. The Bertz CT molecular complexity index is 458. The number of aromatic nitrogens is 1. The second-order valence-electron chi connectivity index (χ2n) is 2.40. The number of rotatable bonds is 2. The van der Waals surface area contributed by atoms with Crippen LogP contribution in [0.5, 0.6) is 0 Å². The number of halogens is 3. The molecule has 0 aromatic carbocycles. The monoisotopic (exact) mass is 325 g/mol. The lowest BCUT2D eigenvalue weighted by Crippen LogP contribution is -2.02. The Labute approximate surface area is 96.0 Å². The van der Waals surface area contributed by atoms with Crippen LogP contribution >= 0.6 is 22.6 Å². The van der Waals surface area contributed by atoms with Gasteiger partial charge in [-0.25, -0.2) is 8.78 Å². The van der Waals surface area contributed by atoms with Crippen LogP contribution in [-0.4, -0.2) is 9.91 Å². The SMILES string of the molecule is N#Cc1nc([N+](=O)[O-])c(C(F)F)cc1I. The molecule has 1 aromatic rings. The summed E-state index contributed by atoms with van der Waals surface area (Å²) in [4.78, 5) is 12.6. The molecular formula is C7H2F2IN3O2. The molecule has 0 spiro atoms. The van der Waals surface area contributed by atoms with Gasteiger partial charge < -0.3 is 10.1 Å². The van der Waals surface area contributed by atoms with E-state index in [4.69, 9.17) is 5.26 Å². The number of nitriles is 1. The molecule has 5 nitrogen and oxygen atoms in total. The van der Waals surface area contributed by atoms with Gasteiger partial charge in [0.2, 0.25) is 0 Å². The Morgan fingerprint density at radius 2 is 2.27 bits per heavy atom. The molecule has 78 valence electrons. The zero-order chi connectivity index (χ0) is 11.6. The van der Waals surface area contributed by atoms with Crippen molar-refractivity contribution in [2.24, 2.45) is 0 Å². The van der Waals surface area contributed by atoms with Gasteiger partial charge in [-0.05, 0) is 38.6 Å². The topological polar surface area (TPSA) is 79.8 Å². The van der Waals surface area contributed by atoms with E-state index in [1.165, 1.54) is 0 Å². The number of alkyl halides is 2. The second kappa shape index (κ2) is 4.43. The molecule has 0 radical (unpaired) electrons. The molecule has 1 rings (SSSR count). The van der Waals surface area contributed by atoms with Crippen LogP contribution in [0.1, 0.15) is 17.7 Å². The largest absolute Gasteiger partial charge is 0.373 e. The van der Waals surface area contributed by atoms with Crippen molar-refractivity contribution in [3.8, 4) is 6.07 Å². The van der Waals surface area contributed by atoms with Crippen LogP contribution in [0.25, 0.3) is 0 Å². The van der Waals surface area contributed by atoms with Crippen LogP contribution < -0.4 is 0 Å². The maximum Gasteiger partial charge on any atom is 0.373 e. The molecule has 1 heterocycles. The van der Waals surface area contributed by atoms with Crippen LogP contribution in [0.3, 0.4) is 0 Å². The maximum absolute atomic E-state index is 12.4. The molecule has 0 aliphatic heterocycles. The normalized spacial score (nSPS) is 10.1. The highest BCUT2D eigenvalue weighted by Gasteiger charge is 2.26. The summed E-state index contributed by atoms with van der Waals surface area (Å²) in [6.07, 6.45) is -2.99. The molecule has 0 atom stereocenters. The van der Waals surface area contributed by atoms with Crippen LogP contribution in [0, 0.1) is 25.0 Å². The third-order valence-corrected chi connectivity index (χ3v) is 2.32. The zero-order valence-electron chi connectivity index (χ0n) is 6.95. The second-order valence-corrected chi connectivity index (χ2v) is 3.56. The predicted molar refractivity (Wildman–Crippen MR) is 53.3 cm³/mol. The Hall–Kier alpha value is -1.37. The summed E-state index contributed by atoms with van der Waals surface area (Å²) in [5, 5.41) is 18.9. The van der Waals surface area contributed by atoms with Gasteiger partial charge in [-0.15, -0.1) is 0 Å². The molecule has 1 aromatic heterocycles. The molecular weight excluding hydrogens is 323 g/mol. The van der Waals surface area contributed by atoms with Gasteiger partial charge in [0.05, 0.1) is 3.57 Å². The predicted octanol–water partition coefficient (Wildman–Crippen LogP) is 2.40. The van der Waals surface area contributed by atoms with Gasteiger partial charge in [-0.3, -0.25) is 0 Å². The fraction of sp³-hybridized carbons (Fsp3) is 0.143. The first-order valence-corrected chi connectivity index (χ1v) is 4.58. The zero-order valence-corrected chi connectivity index (χ0v) is 9.10. The number of nitrogens with zero attached hydrogens (tertiary/aromatic N) is 3. The summed E-state index contributed by atoms with van der Waals surface area (Å²) in [5.74, 6) is -0.970. The van der Waals surface area contributed by atoms with E-state index in [-0.39, 0.29) is 9.26 Å². The maximum atomic E-state index is 12.4. The van der Waals surface area contributed by atoms with E-state index in [0.29, 0.717) is 0 Å². The van der Waals surface area contributed by atoms with Gasteiger partial charge in [0, 0.05) is 0 Å². The molecule has 0 N–H and O–H groups in total. The molecule has 0 amide bonds. The van der Waals surface area contributed by atoms with Crippen LogP contribution in [0.4, 0.5) is 14.6 Å². The summed E-state index contributed by atoms with van der Waals surface area (Å²) >= 11 is 1.62. The van der Waals surface area contributed by atoms with Gasteiger partial charge in [-0.1, -0.05) is 0 Å². The summed E-state index contributed by atoms with van der Waals surface area (Å²) in [6, 6.07) is 2.49. The first-order valence-electron chi connectivity index (χ1n) is 3.50. The van der Waals surface area contributed by atoms with Crippen molar-refractivity contribution >= 4 is 28.4 Å². The molecule has 0 saturated heterocycles. The number of pyridine rings is 1. The van der Waals surface area contributed by atoms with Gasteiger partial charge in [0.15, 0.2) is 0 Å². The van der Waals surface area contributed by atoms with E-state index in [2.05, 4.69) is 4.98 Å². The highest BCUT2D eigenvalue weighted by atomic mass is 127. The number of hydrogen-bond acceptors (Lipinski definition) is 4. The Morgan fingerprint density at radius 3 is 2.67 bits per heavy atom. The Morgan fingerprint density at radius 1 is 1.67 bits per heavy atom. The summed E-state index contributed by atoms with van der Waals surface area (Å²) < 4.78 is 24.9. The van der Waals surface area contributed by atoms with Gasteiger partial charge >= 0.3 is 5.82 Å². The van der Waals surface area contributed by atoms with E-state index in [0.717, 1.165) is 6.07 Å². The first-order chi connectivity index (χ1) is 6.97. The van der Waals surface area contributed by atoms with Crippen LogP contribution in [-0.2, 0) is 0 Å². The molecule has 0 fully saturated rings. The lowest BCUT2D eigenvalue weighted by Gasteiger charge is -2.01. The fourth-order valence-corrected chi connectivity index (χ4v) is 1.46. The van der Waals surface area contributed by atoms with Crippen LogP contribution in [0.15, 0.2) is 6.07 Å². The average molecular weight is 325 g/mol. The van der Waals surface area contributed by atoms with E-state index < -0.39 is 22.7 Å². The van der Waals surface area contributed by atoms with Crippen molar-refractivity contribution in [1.82, 2.24) is 4.98 Å². The smallest absolute Gasteiger partial charge is 0.358 e. The van der Waals surface area contributed by atoms with Gasteiger partial charge in [0.1, 0.15) is 11.6 Å². The lowest BCUT2D eigenvalue weighted by molar-refractivity contribution is -0.391. The molecule has 0 saturated carbocycles. The summed E-state index contributed by atoms with van der Waals surface area (Å²) in [6.45, 7) is 0. The molecule has 15 heavy (non-hydrogen) atoms. The minimum Gasteiger partial charge on any atom is -0.358 e. The number of nitro groups is 1. The highest BCUT2D eigenvalue weighted by Crippen LogP contribution is 2.29. The minimum absolute atomic E-state index is 0.163. The average Bonchev–Trinajstić information content (AvgIpc) is 2.16. The standard InChI is InChI=1S/C7H2F2IN3O2/c8-6(9)3-1-4(10)5(2-11)12-7(3)13(14)15/h1,6H. The number of hydrogen-bond donors (Lipinski definition) is 0. The molecule has 0 aliphatic rings. The van der Waals surface area contributed by atoms with Gasteiger partial charge in [-0.2, -0.15) is 5.26 Å². The van der Waals surface area contributed by atoms with Crippen molar-refractivity contribution in [3.63, 3.8) is 0 Å². The minimum atomic E-state index is -2.99. The molecule has 0 aliphatic carbocycles. The molecule has 0 unspecified atom stereocenters. The van der Waals surface area contributed by atoms with E-state index in [1.807, 2.05) is 0 Å². The lowest BCUT2D eigenvalue weighted by atomic mass is 10.2. The fourth-order valence-electron chi connectivity index (χ4n) is 0.879. The van der Waals surface area contributed by atoms with Crippen molar-refractivity contribution in [2.45, 2.75) is 6.43 Å². The van der Waals surface area contributed by atoms with E-state index in [1.54, 1.807) is 28.7 Å². The van der Waals surface area contributed by atoms with Crippen molar-refractivity contribution in [2.75, 3.05) is 0 Å². The Kier molecular flexibility index (Phi) is 3.46. The summed E-state index contributed by atoms with van der Waals surface area (Å²) in [7, 11) is 0. The van der Waals surface area contributed by atoms with Crippen molar-refractivity contribution in [1.29, 1.82) is 5.26 Å². The van der Waals surface area contributed by atoms with Gasteiger partial charge in [0.25, 0.3) is 12.1 Å². The molecule has 0 bridgehead atoms. The van der Waals surface area contributed by atoms with E-state index in [9.17, 15) is 18.9 Å².